The lowest BCUT2D eigenvalue weighted by Crippen LogP contribution is -2.51. The van der Waals surface area contributed by atoms with Crippen molar-refractivity contribution in [2.45, 2.75) is 0 Å². The van der Waals surface area contributed by atoms with Gasteiger partial charge in [-0.15, -0.1) is 0 Å². The maximum atomic E-state index is 12.5. The summed E-state index contributed by atoms with van der Waals surface area (Å²) in [4.78, 5) is 22.5. The third-order valence-electron chi connectivity index (χ3n) is 4.40. The molecule has 0 unspecified atom stereocenters. The van der Waals surface area contributed by atoms with Crippen LogP contribution in [0.4, 0.5) is 11.4 Å². The monoisotopic (exact) mass is 369 g/mol. The van der Waals surface area contributed by atoms with Gasteiger partial charge in [-0.25, -0.2) is 0 Å². The fourth-order valence-electron chi connectivity index (χ4n) is 2.83. The van der Waals surface area contributed by atoms with Gasteiger partial charge in [-0.2, -0.15) is 0 Å². The van der Waals surface area contributed by atoms with E-state index in [2.05, 4.69) is 32.2 Å². The first-order valence-corrected chi connectivity index (χ1v) is 8.98. The van der Waals surface area contributed by atoms with Crippen molar-refractivity contribution in [1.29, 1.82) is 0 Å². The van der Waals surface area contributed by atoms with Crippen LogP contribution < -0.4 is 10.2 Å². The van der Waals surface area contributed by atoms with Gasteiger partial charge in [0.25, 0.3) is 5.91 Å². The highest BCUT2D eigenvalue weighted by Gasteiger charge is 2.23. The number of anilines is 2. The smallest absolute Gasteiger partial charge is 0.255 e. The van der Waals surface area contributed by atoms with Crippen molar-refractivity contribution >= 4 is 34.6 Å². The molecule has 1 aromatic heterocycles. The number of hydrogen-bond acceptors (Lipinski definition) is 4. The molecule has 2 aromatic rings. The Bertz CT molecular complexity index is 755. The van der Waals surface area contributed by atoms with Crippen LogP contribution in [-0.2, 0) is 0 Å². The molecule has 136 valence electrons. The van der Waals surface area contributed by atoms with E-state index in [0.29, 0.717) is 36.9 Å². The lowest BCUT2D eigenvalue weighted by Gasteiger charge is -2.36. The molecule has 0 radical (unpaired) electrons. The van der Waals surface area contributed by atoms with E-state index in [-0.39, 0.29) is 5.91 Å². The summed E-state index contributed by atoms with van der Waals surface area (Å²) in [6.45, 7) is 2.73. The molecule has 1 aliphatic rings. The van der Waals surface area contributed by atoms with Crippen LogP contribution in [0.1, 0.15) is 10.4 Å². The molecule has 6 nitrogen and oxygen atoms in total. The van der Waals surface area contributed by atoms with Gasteiger partial charge in [0.05, 0.1) is 5.56 Å². The van der Waals surface area contributed by atoms with Crippen LogP contribution in [0.2, 0.25) is 0 Å². The Morgan fingerprint density at radius 1 is 1.08 bits per heavy atom. The molecule has 0 bridgehead atoms. The van der Waals surface area contributed by atoms with Gasteiger partial charge in [-0.05, 0) is 48.6 Å². The summed E-state index contributed by atoms with van der Waals surface area (Å²) in [7, 11) is 4.03. The molecule has 2 heterocycles. The Balaban J connectivity index is 1.52. The normalized spacial score (nSPS) is 14.1. The quantitative estimate of drug-likeness (QED) is 0.838. The minimum atomic E-state index is 0.0240. The molecule has 1 amide bonds. The maximum Gasteiger partial charge on any atom is 0.255 e. The Hall–Kier alpha value is -2.67. The summed E-state index contributed by atoms with van der Waals surface area (Å²) >= 11 is 5.53. The summed E-state index contributed by atoms with van der Waals surface area (Å²) in [6, 6.07) is 11.7. The van der Waals surface area contributed by atoms with Crippen LogP contribution in [0, 0.1) is 0 Å². The highest BCUT2D eigenvalue weighted by Crippen LogP contribution is 2.16. The van der Waals surface area contributed by atoms with Gasteiger partial charge in [-0.3, -0.25) is 9.78 Å². The molecule has 0 aliphatic carbocycles. The average molecular weight is 369 g/mol. The summed E-state index contributed by atoms with van der Waals surface area (Å²) < 4.78 is 0. The van der Waals surface area contributed by atoms with Gasteiger partial charge in [0.15, 0.2) is 5.11 Å². The third kappa shape index (κ3) is 4.29. The highest BCUT2D eigenvalue weighted by atomic mass is 32.1. The van der Waals surface area contributed by atoms with Gasteiger partial charge >= 0.3 is 0 Å². The molecule has 1 N–H and O–H groups in total. The van der Waals surface area contributed by atoms with Crippen LogP contribution in [0.5, 0.6) is 0 Å². The van der Waals surface area contributed by atoms with Gasteiger partial charge in [0, 0.05) is 64.0 Å². The molecule has 26 heavy (non-hydrogen) atoms. The van der Waals surface area contributed by atoms with Gasteiger partial charge < -0.3 is 20.0 Å². The molecule has 7 heteroatoms. The van der Waals surface area contributed by atoms with Gasteiger partial charge in [0.1, 0.15) is 0 Å². The summed E-state index contributed by atoms with van der Waals surface area (Å²) in [6.07, 6.45) is 3.28. The fraction of sp³-hybridized carbons (Fsp3) is 0.316. The second-order valence-electron chi connectivity index (χ2n) is 6.39. The lowest BCUT2D eigenvalue weighted by atomic mass is 10.2. The molecule has 1 fully saturated rings. The molecule has 1 saturated heterocycles. The van der Waals surface area contributed by atoms with Crippen molar-refractivity contribution in [2.75, 3.05) is 50.5 Å². The zero-order valence-electron chi connectivity index (χ0n) is 15.1. The van der Waals surface area contributed by atoms with Crippen molar-refractivity contribution in [3.8, 4) is 0 Å². The number of hydrogen-bond donors (Lipinski definition) is 1. The summed E-state index contributed by atoms with van der Waals surface area (Å²) in [5, 5.41) is 3.97. The van der Waals surface area contributed by atoms with Gasteiger partial charge in [0.2, 0.25) is 0 Å². The first-order valence-electron chi connectivity index (χ1n) is 8.57. The standard InChI is InChI=1S/C19H23N5OS/c1-22(2)17-7-5-16(6-8-17)21-19(26)24-12-10-23(11-13-24)18(25)15-4-3-9-20-14-15/h3-9,14H,10-13H2,1-2H3,(H,21,26). The summed E-state index contributed by atoms with van der Waals surface area (Å²) in [5.74, 6) is 0.0240. The Morgan fingerprint density at radius 3 is 2.31 bits per heavy atom. The van der Waals surface area contributed by atoms with E-state index in [0.717, 1.165) is 11.4 Å². The van der Waals surface area contributed by atoms with E-state index < -0.39 is 0 Å². The minimum absolute atomic E-state index is 0.0240. The van der Waals surface area contributed by atoms with E-state index in [1.165, 1.54) is 0 Å². The number of carbonyl (C=O) groups is 1. The molecule has 1 aromatic carbocycles. The van der Waals surface area contributed by atoms with E-state index in [4.69, 9.17) is 12.2 Å². The molecule has 3 rings (SSSR count). The molecular weight excluding hydrogens is 346 g/mol. The van der Waals surface area contributed by atoms with Crippen molar-refractivity contribution in [3.05, 3.63) is 54.4 Å². The Labute approximate surface area is 159 Å². The predicted octanol–water partition coefficient (Wildman–Crippen LogP) is 2.30. The fourth-order valence-corrected chi connectivity index (χ4v) is 3.13. The van der Waals surface area contributed by atoms with Crippen LogP contribution >= 0.6 is 12.2 Å². The van der Waals surface area contributed by atoms with Crippen molar-refractivity contribution in [3.63, 3.8) is 0 Å². The zero-order valence-corrected chi connectivity index (χ0v) is 15.9. The Kier molecular flexibility index (Phi) is 5.68. The van der Waals surface area contributed by atoms with Crippen LogP contribution in [0.3, 0.4) is 0 Å². The van der Waals surface area contributed by atoms with Crippen molar-refractivity contribution < 1.29 is 4.79 Å². The number of piperazine rings is 1. The number of amides is 1. The molecule has 0 spiro atoms. The first-order chi connectivity index (χ1) is 12.5. The molecule has 0 atom stereocenters. The first kappa shape index (κ1) is 18.1. The lowest BCUT2D eigenvalue weighted by molar-refractivity contribution is 0.0693. The topological polar surface area (TPSA) is 51.7 Å². The number of aromatic nitrogens is 1. The second-order valence-corrected chi connectivity index (χ2v) is 6.78. The highest BCUT2D eigenvalue weighted by molar-refractivity contribution is 7.80. The Morgan fingerprint density at radius 2 is 1.73 bits per heavy atom. The van der Waals surface area contributed by atoms with E-state index in [1.807, 2.05) is 31.1 Å². The number of thiocarbonyl (C=S) groups is 1. The largest absolute Gasteiger partial charge is 0.378 e. The van der Waals surface area contributed by atoms with E-state index in [1.54, 1.807) is 24.5 Å². The number of benzene rings is 1. The SMILES string of the molecule is CN(C)c1ccc(NC(=S)N2CCN(C(=O)c3cccnc3)CC2)cc1. The minimum Gasteiger partial charge on any atom is -0.378 e. The zero-order chi connectivity index (χ0) is 18.5. The molecular formula is C19H23N5OS. The number of carbonyl (C=O) groups excluding carboxylic acids is 1. The number of pyridine rings is 1. The number of nitrogens with one attached hydrogen (secondary N) is 1. The maximum absolute atomic E-state index is 12.5. The molecule has 1 aliphatic heterocycles. The average Bonchev–Trinajstić information content (AvgIpc) is 2.68. The van der Waals surface area contributed by atoms with E-state index in [9.17, 15) is 4.79 Å². The van der Waals surface area contributed by atoms with Crippen molar-refractivity contribution in [1.82, 2.24) is 14.8 Å². The second kappa shape index (κ2) is 8.14. The van der Waals surface area contributed by atoms with Crippen LogP contribution in [-0.4, -0.2) is 66.1 Å². The number of nitrogens with zero attached hydrogens (tertiary/aromatic N) is 4. The van der Waals surface area contributed by atoms with Crippen molar-refractivity contribution in [2.24, 2.45) is 0 Å². The molecule has 0 saturated carbocycles. The third-order valence-corrected chi connectivity index (χ3v) is 4.76. The van der Waals surface area contributed by atoms with Crippen LogP contribution in [0.25, 0.3) is 0 Å². The van der Waals surface area contributed by atoms with Crippen LogP contribution in [0.15, 0.2) is 48.8 Å². The van der Waals surface area contributed by atoms with Gasteiger partial charge in [-0.1, -0.05) is 0 Å². The van der Waals surface area contributed by atoms with E-state index >= 15 is 0 Å². The summed E-state index contributed by atoms with van der Waals surface area (Å²) in [5.41, 5.74) is 2.74. The predicted molar refractivity (Wildman–Crippen MR) is 109 cm³/mol. The number of rotatable bonds is 3.